The minimum Gasteiger partial charge on any atom is -0.464 e. The van der Waals surface area contributed by atoms with Crippen LogP contribution in [0, 0.1) is 6.92 Å². The van der Waals surface area contributed by atoms with Crippen LogP contribution in [0.4, 0.5) is 0 Å². The number of benzene rings is 2. The predicted molar refractivity (Wildman–Crippen MR) is 104 cm³/mol. The molecule has 0 amide bonds. The number of carbonyl (C=O) groups is 1. The standard InChI is InChI=1S/C22H18O2S/c1-3-18(23)22-20(15-7-5-4-6-8-15)14(2)21(25-22)17-9-10-19-16(13-17)11-12-24-19/h4-13H,3H2,1-2H3. The van der Waals surface area contributed by atoms with Crippen LogP contribution in [0.5, 0.6) is 0 Å². The van der Waals surface area contributed by atoms with E-state index in [-0.39, 0.29) is 5.78 Å². The lowest BCUT2D eigenvalue weighted by Crippen LogP contribution is -1.95. The van der Waals surface area contributed by atoms with Crippen molar-refractivity contribution < 1.29 is 9.21 Å². The average molecular weight is 346 g/mol. The van der Waals surface area contributed by atoms with E-state index in [1.165, 1.54) is 0 Å². The second-order valence-electron chi connectivity index (χ2n) is 6.08. The predicted octanol–water partition coefficient (Wildman–Crippen LogP) is 6.73. The summed E-state index contributed by atoms with van der Waals surface area (Å²) in [6.45, 7) is 4.03. The van der Waals surface area contributed by atoms with Gasteiger partial charge in [-0.25, -0.2) is 0 Å². The molecule has 3 heteroatoms. The molecule has 2 nitrogen and oxygen atoms in total. The van der Waals surface area contributed by atoms with Crippen LogP contribution in [0.3, 0.4) is 0 Å². The molecule has 25 heavy (non-hydrogen) atoms. The molecule has 0 fully saturated rings. The van der Waals surface area contributed by atoms with Crippen molar-refractivity contribution in [2.75, 3.05) is 0 Å². The van der Waals surface area contributed by atoms with Gasteiger partial charge in [-0.05, 0) is 47.9 Å². The highest BCUT2D eigenvalue weighted by atomic mass is 32.1. The minimum atomic E-state index is 0.197. The summed E-state index contributed by atoms with van der Waals surface area (Å²) in [6, 6.07) is 18.3. The number of hydrogen-bond donors (Lipinski definition) is 0. The number of thiophene rings is 1. The maximum Gasteiger partial charge on any atom is 0.173 e. The van der Waals surface area contributed by atoms with Crippen LogP contribution in [-0.4, -0.2) is 5.78 Å². The first-order valence-corrected chi connectivity index (χ1v) is 9.20. The molecule has 0 aliphatic heterocycles. The lowest BCUT2D eigenvalue weighted by molar-refractivity contribution is 0.0992. The Hall–Kier alpha value is -2.65. The number of carbonyl (C=O) groups excluding carboxylic acids is 1. The molecule has 0 saturated heterocycles. The Labute approximate surface area is 150 Å². The van der Waals surface area contributed by atoms with Crippen LogP contribution in [-0.2, 0) is 0 Å². The van der Waals surface area contributed by atoms with E-state index in [2.05, 4.69) is 31.2 Å². The first-order chi connectivity index (χ1) is 12.2. The van der Waals surface area contributed by atoms with Gasteiger partial charge in [0.2, 0.25) is 0 Å². The highest BCUT2D eigenvalue weighted by Gasteiger charge is 2.21. The molecule has 0 radical (unpaired) electrons. The quantitative estimate of drug-likeness (QED) is 0.383. The summed E-state index contributed by atoms with van der Waals surface area (Å²) in [7, 11) is 0. The first kappa shape index (κ1) is 15.9. The maximum atomic E-state index is 12.6. The van der Waals surface area contributed by atoms with Gasteiger partial charge in [0, 0.05) is 22.2 Å². The Morgan fingerprint density at radius 1 is 1.04 bits per heavy atom. The molecule has 4 aromatic rings. The summed E-state index contributed by atoms with van der Waals surface area (Å²) in [5.41, 5.74) is 5.34. The highest BCUT2D eigenvalue weighted by molar-refractivity contribution is 7.18. The zero-order chi connectivity index (χ0) is 17.4. The zero-order valence-corrected chi connectivity index (χ0v) is 15.0. The third-order valence-electron chi connectivity index (χ3n) is 4.50. The SMILES string of the molecule is CCC(=O)c1sc(-c2ccc3occc3c2)c(C)c1-c1ccccc1. The van der Waals surface area contributed by atoms with Crippen LogP contribution in [0.25, 0.3) is 32.5 Å². The van der Waals surface area contributed by atoms with Gasteiger partial charge in [-0.3, -0.25) is 4.79 Å². The molecular weight excluding hydrogens is 328 g/mol. The average Bonchev–Trinajstić information content (AvgIpc) is 3.25. The fourth-order valence-electron chi connectivity index (χ4n) is 3.21. The largest absolute Gasteiger partial charge is 0.464 e. The number of Topliss-reactive ketones (excluding diaryl/α,β-unsaturated/α-hetero) is 1. The van der Waals surface area contributed by atoms with Crippen molar-refractivity contribution in [1.82, 2.24) is 0 Å². The molecule has 124 valence electrons. The second-order valence-corrected chi connectivity index (χ2v) is 7.10. The molecule has 0 N–H and O–H groups in total. The summed E-state index contributed by atoms with van der Waals surface area (Å²) < 4.78 is 5.44. The molecule has 0 bridgehead atoms. The van der Waals surface area contributed by atoms with Crippen molar-refractivity contribution in [3.63, 3.8) is 0 Å². The minimum absolute atomic E-state index is 0.197. The molecule has 0 aliphatic rings. The molecule has 0 atom stereocenters. The molecule has 0 saturated carbocycles. The van der Waals surface area contributed by atoms with E-state index in [4.69, 9.17) is 4.42 Å². The molecule has 2 aromatic heterocycles. The summed E-state index contributed by atoms with van der Waals surface area (Å²) >= 11 is 1.60. The first-order valence-electron chi connectivity index (χ1n) is 8.38. The van der Waals surface area contributed by atoms with Gasteiger partial charge in [0.05, 0.1) is 11.1 Å². The molecule has 2 aromatic carbocycles. The van der Waals surface area contributed by atoms with Gasteiger partial charge >= 0.3 is 0 Å². The fraction of sp³-hybridized carbons (Fsp3) is 0.136. The van der Waals surface area contributed by atoms with E-state index in [9.17, 15) is 4.79 Å². The third kappa shape index (κ3) is 2.71. The Morgan fingerprint density at radius 3 is 2.60 bits per heavy atom. The van der Waals surface area contributed by atoms with E-state index < -0.39 is 0 Å². The molecule has 0 aliphatic carbocycles. The Morgan fingerprint density at radius 2 is 1.84 bits per heavy atom. The molecule has 0 unspecified atom stereocenters. The van der Waals surface area contributed by atoms with E-state index in [0.717, 1.165) is 43.0 Å². The third-order valence-corrected chi connectivity index (χ3v) is 5.88. The molecule has 4 rings (SSSR count). The van der Waals surface area contributed by atoms with E-state index in [0.29, 0.717) is 6.42 Å². The normalized spacial score (nSPS) is 11.1. The Balaban J connectivity index is 1.94. The van der Waals surface area contributed by atoms with Crippen LogP contribution >= 0.6 is 11.3 Å². The topological polar surface area (TPSA) is 30.2 Å². The fourth-order valence-corrected chi connectivity index (χ4v) is 4.54. The summed E-state index contributed by atoms with van der Waals surface area (Å²) in [4.78, 5) is 14.6. The zero-order valence-electron chi connectivity index (χ0n) is 14.2. The van der Waals surface area contributed by atoms with Crippen LogP contribution in [0.1, 0.15) is 28.6 Å². The number of fused-ring (bicyclic) bond motifs is 1. The van der Waals surface area contributed by atoms with Crippen LogP contribution in [0.2, 0.25) is 0 Å². The second kappa shape index (κ2) is 6.34. The highest BCUT2D eigenvalue weighted by Crippen LogP contribution is 2.43. The van der Waals surface area contributed by atoms with Gasteiger partial charge < -0.3 is 4.42 Å². The van der Waals surface area contributed by atoms with Gasteiger partial charge in [0.15, 0.2) is 5.78 Å². The van der Waals surface area contributed by atoms with E-state index in [1.54, 1.807) is 17.6 Å². The molecular formula is C22H18O2S. The summed E-state index contributed by atoms with van der Waals surface area (Å²) in [6.07, 6.45) is 2.22. The Kier molecular flexibility index (Phi) is 4.02. The van der Waals surface area contributed by atoms with Gasteiger partial charge in [-0.2, -0.15) is 0 Å². The number of rotatable bonds is 4. The lowest BCUT2D eigenvalue weighted by Gasteiger charge is -2.05. The van der Waals surface area contributed by atoms with Crippen LogP contribution < -0.4 is 0 Å². The van der Waals surface area contributed by atoms with Gasteiger partial charge in [0.1, 0.15) is 5.58 Å². The van der Waals surface area contributed by atoms with E-state index >= 15 is 0 Å². The van der Waals surface area contributed by atoms with Crippen molar-refractivity contribution in [1.29, 1.82) is 0 Å². The van der Waals surface area contributed by atoms with Crippen molar-refractivity contribution in [2.24, 2.45) is 0 Å². The van der Waals surface area contributed by atoms with E-state index in [1.807, 2.05) is 37.3 Å². The van der Waals surface area contributed by atoms with Crippen LogP contribution in [0.15, 0.2) is 65.3 Å². The van der Waals surface area contributed by atoms with Crippen molar-refractivity contribution in [2.45, 2.75) is 20.3 Å². The monoisotopic (exact) mass is 346 g/mol. The van der Waals surface area contributed by atoms with Gasteiger partial charge in [0.25, 0.3) is 0 Å². The summed E-state index contributed by atoms with van der Waals surface area (Å²) in [5.74, 6) is 0.197. The number of hydrogen-bond acceptors (Lipinski definition) is 3. The maximum absolute atomic E-state index is 12.6. The lowest BCUT2D eigenvalue weighted by atomic mass is 9.97. The molecule has 0 spiro atoms. The number of ketones is 1. The summed E-state index contributed by atoms with van der Waals surface area (Å²) in [5, 5.41) is 1.08. The van der Waals surface area contributed by atoms with Gasteiger partial charge in [-0.1, -0.05) is 37.3 Å². The van der Waals surface area contributed by atoms with Crippen molar-refractivity contribution in [3.05, 3.63) is 71.3 Å². The van der Waals surface area contributed by atoms with Crippen molar-refractivity contribution >= 4 is 28.1 Å². The number of furan rings is 1. The smallest absolute Gasteiger partial charge is 0.173 e. The van der Waals surface area contributed by atoms with Gasteiger partial charge in [-0.15, -0.1) is 11.3 Å². The van der Waals surface area contributed by atoms with Crippen molar-refractivity contribution in [3.8, 4) is 21.6 Å². The Bertz CT molecular complexity index is 1050. The molecule has 2 heterocycles.